The maximum atomic E-state index is 11.7. The van der Waals surface area contributed by atoms with E-state index in [0.717, 1.165) is 0 Å². The van der Waals surface area contributed by atoms with E-state index in [9.17, 15) is 20.0 Å². The first kappa shape index (κ1) is 16.5. The zero-order valence-electron chi connectivity index (χ0n) is 13.9. The number of benzene rings is 2. The number of aromatic carboxylic acids is 1. The van der Waals surface area contributed by atoms with Gasteiger partial charge in [-0.05, 0) is 24.3 Å². The summed E-state index contributed by atoms with van der Waals surface area (Å²) in [4.78, 5) is 22.1. The fourth-order valence-electron chi connectivity index (χ4n) is 2.99. The number of aromatic nitrogens is 2. The molecule has 0 aliphatic carbocycles. The van der Waals surface area contributed by atoms with E-state index in [0.29, 0.717) is 33.4 Å². The number of nitro groups is 1. The summed E-state index contributed by atoms with van der Waals surface area (Å²) in [5.74, 6) is -0.752. The number of carbonyl (C=O) groups is 1. The van der Waals surface area contributed by atoms with E-state index in [4.69, 9.17) is 9.15 Å². The molecule has 0 spiro atoms. The molecule has 9 heteroatoms. The van der Waals surface area contributed by atoms with Gasteiger partial charge in [0.2, 0.25) is 0 Å². The van der Waals surface area contributed by atoms with Crippen LogP contribution in [-0.4, -0.2) is 33.3 Å². The summed E-state index contributed by atoms with van der Waals surface area (Å²) in [5, 5.41) is 29.3. The summed E-state index contributed by atoms with van der Waals surface area (Å²) in [7, 11) is 1.45. The van der Waals surface area contributed by atoms with Crippen LogP contribution in [0.4, 0.5) is 5.69 Å². The van der Waals surface area contributed by atoms with Gasteiger partial charge in [-0.15, -0.1) is 5.10 Å². The molecule has 0 aliphatic rings. The molecule has 0 unspecified atom stereocenters. The van der Waals surface area contributed by atoms with Crippen LogP contribution in [0.3, 0.4) is 0 Å². The first-order valence-electron chi connectivity index (χ1n) is 7.74. The number of carboxylic acids is 1. The molecule has 0 saturated heterocycles. The maximum absolute atomic E-state index is 11.7. The van der Waals surface area contributed by atoms with Crippen LogP contribution in [0.1, 0.15) is 10.4 Å². The van der Waals surface area contributed by atoms with Crippen molar-refractivity contribution in [3.05, 3.63) is 58.3 Å². The van der Waals surface area contributed by atoms with Crippen molar-refractivity contribution < 1.29 is 24.0 Å². The van der Waals surface area contributed by atoms with Crippen molar-refractivity contribution in [3.63, 3.8) is 0 Å². The first-order chi connectivity index (χ1) is 13.0. The number of non-ortho nitro benzene ring substituents is 1. The third-order valence-electron chi connectivity index (χ3n) is 4.20. The Morgan fingerprint density at radius 1 is 1.19 bits per heavy atom. The lowest BCUT2D eigenvalue weighted by atomic mass is 10.0. The molecule has 0 saturated carbocycles. The van der Waals surface area contributed by atoms with E-state index in [-0.39, 0.29) is 16.8 Å². The van der Waals surface area contributed by atoms with Crippen LogP contribution in [0.15, 0.2) is 47.0 Å². The molecule has 4 rings (SSSR count). The number of nitrogens with zero attached hydrogens (tertiary/aromatic N) is 3. The summed E-state index contributed by atoms with van der Waals surface area (Å²) in [6.07, 6.45) is 1.38. The number of nitro benzene ring substituents is 1. The van der Waals surface area contributed by atoms with Crippen molar-refractivity contribution in [1.29, 1.82) is 0 Å². The van der Waals surface area contributed by atoms with Gasteiger partial charge < -0.3 is 14.3 Å². The molecule has 1 N–H and O–H groups in total. The number of ether oxygens (including phenoxy) is 1. The molecule has 0 amide bonds. The maximum Gasteiger partial charge on any atom is 0.336 e. The molecule has 0 atom stereocenters. The third-order valence-corrected chi connectivity index (χ3v) is 4.20. The van der Waals surface area contributed by atoms with Crippen LogP contribution in [0.2, 0.25) is 0 Å². The number of rotatable bonds is 4. The van der Waals surface area contributed by atoms with E-state index >= 15 is 0 Å². The van der Waals surface area contributed by atoms with Crippen molar-refractivity contribution in [3.8, 4) is 17.0 Å². The number of fused-ring (bicyclic) bond motifs is 3. The molecule has 0 fully saturated rings. The summed E-state index contributed by atoms with van der Waals surface area (Å²) in [6.45, 7) is 0. The number of furan rings is 1. The van der Waals surface area contributed by atoms with Crippen molar-refractivity contribution in [2.45, 2.75) is 0 Å². The van der Waals surface area contributed by atoms with Gasteiger partial charge in [0, 0.05) is 23.1 Å². The molecular formula is C18H11N3O6. The minimum atomic E-state index is -1.13. The first-order valence-corrected chi connectivity index (χ1v) is 7.74. The highest BCUT2D eigenvalue weighted by molar-refractivity contribution is 6.19. The number of hydrogen-bond acceptors (Lipinski definition) is 7. The Labute approximate surface area is 151 Å². The van der Waals surface area contributed by atoms with Crippen LogP contribution in [0.5, 0.6) is 5.75 Å². The molecule has 2 aromatic heterocycles. The predicted molar refractivity (Wildman–Crippen MR) is 94.9 cm³/mol. The Morgan fingerprint density at radius 3 is 2.56 bits per heavy atom. The second-order valence-electron chi connectivity index (χ2n) is 5.66. The van der Waals surface area contributed by atoms with Crippen LogP contribution >= 0.6 is 0 Å². The number of methoxy groups -OCH3 is 1. The number of carboxylic acid groups (broad SMARTS) is 1. The standard InChI is InChI=1S/C18H11N3O6/c1-26-12-7-6-11(18(22)23)14-15-13(27-17(12)14)8-19-20-16(15)9-2-4-10(5-3-9)21(24)25/h2-8H,1H3,(H,22,23). The van der Waals surface area contributed by atoms with Crippen LogP contribution in [0.25, 0.3) is 33.2 Å². The van der Waals surface area contributed by atoms with Gasteiger partial charge in [-0.1, -0.05) is 0 Å². The molecule has 2 aromatic carbocycles. The normalized spacial score (nSPS) is 11.0. The van der Waals surface area contributed by atoms with E-state index in [1.165, 1.54) is 49.7 Å². The van der Waals surface area contributed by atoms with Crippen molar-refractivity contribution >= 4 is 33.6 Å². The molecule has 0 bridgehead atoms. The lowest BCUT2D eigenvalue weighted by Gasteiger charge is -2.04. The van der Waals surface area contributed by atoms with Crippen LogP contribution in [0, 0.1) is 10.1 Å². The Balaban J connectivity index is 2.09. The minimum absolute atomic E-state index is 0.0284. The van der Waals surface area contributed by atoms with Gasteiger partial charge in [0.25, 0.3) is 5.69 Å². The van der Waals surface area contributed by atoms with Gasteiger partial charge in [-0.25, -0.2) is 4.79 Å². The molecule has 134 valence electrons. The largest absolute Gasteiger partial charge is 0.493 e. The van der Waals surface area contributed by atoms with Gasteiger partial charge in [0.05, 0.1) is 29.2 Å². The van der Waals surface area contributed by atoms with E-state index < -0.39 is 10.9 Å². The number of hydrogen-bond donors (Lipinski definition) is 1. The molecule has 2 heterocycles. The Hall–Kier alpha value is -4.01. The lowest BCUT2D eigenvalue weighted by Crippen LogP contribution is -1.98. The van der Waals surface area contributed by atoms with Crippen molar-refractivity contribution in [2.75, 3.05) is 7.11 Å². The fourth-order valence-corrected chi connectivity index (χ4v) is 2.99. The molecule has 27 heavy (non-hydrogen) atoms. The molecule has 0 radical (unpaired) electrons. The van der Waals surface area contributed by atoms with Gasteiger partial charge in [-0.3, -0.25) is 10.1 Å². The van der Waals surface area contributed by atoms with Crippen LogP contribution < -0.4 is 4.74 Å². The zero-order valence-corrected chi connectivity index (χ0v) is 13.9. The second-order valence-corrected chi connectivity index (χ2v) is 5.66. The van der Waals surface area contributed by atoms with E-state index in [1.807, 2.05) is 0 Å². The van der Waals surface area contributed by atoms with Crippen molar-refractivity contribution in [2.24, 2.45) is 0 Å². The lowest BCUT2D eigenvalue weighted by molar-refractivity contribution is -0.384. The van der Waals surface area contributed by atoms with Gasteiger partial charge in [-0.2, -0.15) is 5.10 Å². The van der Waals surface area contributed by atoms with Crippen molar-refractivity contribution in [1.82, 2.24) is 10.2 Å². The molecule has 9 nitrogen and oxygen atoms in total. The summed E-state index contributed by atoms with van der Waals surface area (Å²) in [6, 6.07) is 8.69. The Bertz CT molecular complexity index is 1210. The molecular weight excluding hydrogens is 354 g/mol. The quantitative estimate of drug-likeness (QED) is 0.428. The zero-order chi connectivity index (χ0) is 19.1. The summed E-state index contributed by atoms with van der Waals surface area (Å²) in [5.41, 5.74) is 1.47. The monoisotopic (exact) mass is 365 g/mol. The average molecular weight is 365 g/mol. The predicted octanol–water partition coefficient (Wildman–Crippen LogP) is 3.66. The molecule has 0 aliphatic heterocycles. The topological polar surface area (TPSA) is 129 Å². The van der Waals surface area contributed by atoms with Gasteiger partial charge in [0.15, 0.2) is 16.9 Å². The summed E-state index contributed by atoms with van der Waals surface area (Å²) >= 11 is 0. The highest BCUT2D eigenvalue weighted by Crippen LogP contribution is 2.40. The molecule has 4 aromatic rings. The van der Waals surface area contributed by atoms with Gasteiger partial charge in [0.1, 0.15) is 5.69 Å². The second kappa shape index (κ2) is 6.06. The smallest absolute Gasteiger partial charge is 0.336 e. The highest BCUT2D eigenvalue weighted by Gasteiger charge is 2.23. The van der Waals surface area contributed by atoms with Gasteiger partial charge >= 0.3 is 5.97 Å². The Kier molecular flexibility index (Phi) is 3.69. The Morgan fingerprint density at radius 2 is 1.93 bits per heavy atom. The highest BCUT2D eigenvalue weighted by atomic mass is 16.6. The summed E-state index contributed by atoms with van der Waals surface area (Å²) < 4.78 is 11.1. The van der Waals surface area contributed by atoms with E-state index in [1.54, 1.807) is 0 Å². The van der Waals surface area contributed by atoms with E-state index in [2.05, 4.69) is 10.2 Å². The third kappa shape index (κ3) is 2.53. The SMILES string of the molecule is COc1ccc(C(=O)O)c2c1oc1cnnc(-c3ccc([N+](=O)[O-])cc3)c12. The fraction of sp³-hybridized carbons (Fsp3) is 0.0556. The average Bonchev–Trinajstić information content (AvgIpc) is 3.06. The van der Waals surface area contributed by atoms with Crippen LogP contribution in [-0.2, 0) is 0 Å². The minimum Gasteiger partial charge on any atom is -0.493 e.